The Bertz CT molecular complexity index is 1360. The zero-order chi connectivity index (χ0) is 30.1. The number of benzene rings is 2. The summed E-state index contributed by atoms with van der Waals surface area (Å²) in [6.45, 7) is 9.53. The highest BCUT2D eigenvalue weighted by molar-refractivity contribution is 5.88. The minimum Gasteiger partial charge on any atom is -0.458 e. The van der Waals surface area contributed by atoms with Crippen molar-refractivity contribution < 1.29 is 33.3 Å². The first-order valence-corrected chi connectivity index (χ1v) is 14.7. The molecule has 3 aliphatic rings. The molecule has 1 spiro atoms. The van der Waals surface area contributed by atoms with Crippen molar-refractivity contribution in [2.45, 2.75) is 83.4 Å². The third-order valence-electron chi connectivity index (χ3n) is 9.61. The van der Waals surface area contributed by atoms with Crippen LogP contribution in [0.1, 0.15) is 65.0 Å². The quantitative estimate of drug-likeness (QED) is 0.223. The third kappa shape index (κ3) is 5.54. The third-order valence-corrected chi connectivity index (χ3v) is 9.61. The Hall–Kier alpha value is -3.71. The lowest BCUT2D eigenvalue weighted by Crippen LogP contribution is -2.71. The van der Waals surface area contributed by atoms with E-state index in [2.05, 4.69) is 20.8 Å². The molecular weight excluding hydrogens is 532 g/mol. The molecule has 1 heterocycles. The standard InChI is InChI=1S/C35H40O7/c1-23-20-28(40-30(37)18-16-25-12-8-6-9-13-25)32(39-24(2)36)34(5)29(21-27-22-35(23,34)42-33(27,3)4)41-31(38)19-17-26-14-10-7-11-15-26/h6-19,23,27-29,32H,20-22H2,1-5H3/b18-16+,19-17+/t23-,27-,28+,29-,32+,34-,35+/m1/s1. The van der Waals surface area contributed by atoms with Gasteiger partial charge in [-0.3, -0.25) is 4.79 Å². The lowest BCUT2D eigenvalue weighted by molar-refractivity contribution is -0.284. The van der Waals surface area contributed by atoms with Gasteiger partial charge in [0.15, 0.2) is 6.10 Å². The maximum absolute atomic E-state index is 13.2. The van der Waals surface area contributed by atoms with E-state index in [-0.39, 0.29) is 11.8 Å². The van der Waals surface area contributed by atoms with E-state index in [4.69, 9.17) is 18.9 Å². The molecule has 0 unspecified atom stereocenters. The first-order chi connectivity index (χ1) is 19.9. The highest BCUT2D eigenvalue weighted by Gasteiger charge is 2.75. The fourth-order valence-corrected chi connectivity index (χ4v) is 7.47. The van der Waals surface area contributed by atoms with Crippen LogP contribution in [-0.4, -0.2) is 47.4 Å². The zero-order valence-electron chi connectivity index (χ0n) is 24.9. The molecule has 7 nitrogen and oxygen atoms in total. The second-order valence-electron chi connectivity index (χ2n) is 12.6. The number of fused-ring (bicyclic) bond motifs is 1. The van der Waals surface area contributed by atoms with Crippen LogP contribution in [0.25, 0.3) is 12.2 Å². The minimum atomic E-state index is -0.981. The number of carbonyl (C=O) groups excluding carboxylic acids is 3. The maximum atomic E-state index is 13.2. The van der Waals surface area contributed by atoms with Crippen LogP contribution in [-0.2, 0) is 33.3 Å². The van der Waals surface area contributed by atoms with E-state index in [0.29, 0.717) is 12.8 Å². The van der Waals surface area contributed by atoms with Gasteiger partial charge >= 0.3 is 17.9 Å². The van der Waals surface area contributed by atoms with Crippen molar-refractivity contribution in [3.05, 3.63) is 83.9 Å². The minimum absolute atomic E-state index is 0.0733. The number of hydrogen-bond donors (Lipinski definition) is 0. The number of rotatable bonds is 7. The summed E-state index contributed by atoms with van der Waals surface area (Å²) in [4.78, 5) is 38.8. The Morgan fingerprint density at radius 2 is 1.36 bits per heavy atom. The van der Waals surface area contributed by atoms with Crippen LogP contribution >= 0.6 is 0 Å². The molecule has 0 radical (unpaired) electrons. The van der Waals surface area contributed by atoms with Crippen molar-refractivity contribution in [3.8, 4) is 0 Å². The molecule has 42 heavy (non-hydrogen) atoms. The summed E-state index contributed by atoms with van der Waals surface area (Å²) in [5.41, 5.74) is -0.463. The summed E-state index contributed by atoms with van der Waals surface area (Å²) in [6.07, 6.45) is 5.65. The van der Waals surface area contributed by atoms with E-state index >= 15 is 0 Å². The van der Waals surface area contributed by atoms with Crippen molar-refractivity contribution in [2.24, 2.45) is 17.3 Å². The van der Waals surface area contributed by atoms with Gasteiger partial charge in [-0.15, -0.1) is 0 Å². The maximum Gasteiger partial charge on any atom is 0.331 e. The predicted molar refractivity (Wildman–Crippen MR) is 159 cm³/mol. The zero-order valence-corrected chi connectivity index (χ0v) is 24.9. The molecule has 0 amide bonds. The van der Waals surface area contributed by atoms with E-state index < -0.39 is 52.8 Å². The molecule has 1 aliphatic heterocycles. The summed E-state index contributed by atoms with van der Waals surface area (Å²) in [5.74, 6) is -1.46. The first-order valence-electron chi connectivity index (χ1n) is 14.7. The van der Waals surface area contributed by atoms with Gasteiger partial charge in [0.1, 0.15) is 12.2 Å². The molecule has 5 rings (SSSR count). The van der Waals surface area contributed by atoms with Crippen LogP contribution in [0.2, 0.25) is 0 Å². The second kappa shape index (κ2) is 11.5. The fraction of sp³-hybridized carbons (Fsp3) is 0.457. The van der Waals surface area contributed by atoms with E-state index in [9.17, 15) is 14.4 Å². The van der Waals surface area contributed by atoms with Gasteiger partial charge in [0.2, 0.25) is 0 Å². The van der Waals surface area contributed by atoms with E-state index in [1.54, 1.807) is 12.2 Å². The van der Waals surface area contributed by atoms with Crippen molar-refractivity contribution in [2.75, 3.05) is 0 Å². The van der Waals surface area contributed by atoms with Gasteiger partial charge in [0, 0.05) is 19.1 Å². The smallest absolute Gasteiger partial charge is 0.331 e. The molecule has 1 saturated heterocycles. The van der Waals surface area contributed by atoms with Crippen LogP contribution < -0.4 is 0 Å². The summed E-state index contributed by atoms with van der Waals surface area (Å²) in [7, 11) is 0. The van der Waals surface area contributed by atoms with Gasteiger partial charge in [0.05, 0.1) is 16.6 Å². The fourth-order valence-electron chi connectivity index (χ4n) is 7.47. The van der Waals surface area contributed by atoms with Crippen molar-refractivity contribution in [3.63, 3.8) is 0 Å². The molecule has 2 saturated carbocycles. The van der Waals surface area contributed by atoms with Crippen molar-refractivity contribution >= 4 is 30.1 Å². The molecule has 2 aromatic carbocycles. The Labute approximate surface area is 247 Å². The van der Waals surface area contributed by atoms with Gasteiger partial charge in [0.25, 0.3) is 0 Å². The summed E-state index contributed by atoms with van der Waals surface area (Å²) in [5, 5.41) is 0. The van der Waals surface area contributed by atoms with Crippen molar-refractivity contribution in [1.29, 1.82) is 0 Å². The molecule has 7 atom stereocenters. The molecule has 2 aliphatic carbocycles. The van der Waals surface area contributed by atoms with Crippen LogP contribution in [0.3, 0.4) is 0 Å². The molecule has 222 valence electrons. The number of hydrogen-bond acceptors (Lipinski definition) is 7. The molecule has 0 N–H and O–H groups in total. The summed E-state index contributed by atoms with van der Waals surface area (Å²) in [6, 6.07) is 19.0. The monoisotopic (exact) mass is 572 g/mol. The lowest BCUT2D eigenvalue weighted by Gasteiger charge is -2.61. The molecule has 7 heteroatoms. The van der Waals surface area contributed by atoms with Crippen LogP contribution in [0.4, 0.5) is 0 Å². The SMILES string of the molecule is CC(=O)O[C@H]1[C@@H](OC(=O)/C=C/c2ccccc2)C[C@@H](C)[C@@]23C[C@@H](C[C@@H](OC(=O)/C=C/c4ccccc4)[C@]12C)C(C)(C)O3. The number of ether oxygens (including phenoxy) is 4. The van der Waals surface area contributed by atoms with Crippen molar-refractivity contribution in [1.82, 2.24) is 0 Å². The second-order valence-corrected chi connectivity index (χ2v) is 12.6. The van der Waals surface area contributed by atoms with E-state index in [1.807, 2.05) is 67.6 Å². The average molecular weight is 573 g/mol. The predicted octanol–water partition coefficient (Wildman–Crippen LogP) is 6.17. The molecular formula is C35H40O7. The van der Waals surface area contributed by atoms with Gasteiger partial charge in [-0.05, 0) is 75.1 Å². The van der Waals surface area contributed by atoms with Crippen LogP contribution in [0.5, 0.6) is 0 Å². The highest BCUT2D eigenvalue weighted by atomic mass is 16.6. The van der Waals surface area contributed by atoms with Gasteiger partial charge < -0.3 is 18.9 Å². The number of carbonyl (C=O) groups is 3. The van der Waals surface area contributed by atoms with Gasteiger partial charge in [-0.1, -0.05) is 67.6 Å². The first kappa shape index (κ1) is 29.8. The Morgan fingerprint density at radius 1 is 0.810 bits per heavy atom. The molecule has 3 fully saturated rings. The lowest BCUT2D eigenvalue weighted by atomic mass is 9.49. The Balaban J connectivity index is 1.47. The van der Waals surface area contributed by atoms with Crippen LogP contribution in [0, 0.1) is 17.3 Å². The molecule has 2 bridgehead atoms. The molecule has 2 aromatic rings. The van der Waals surface area contributed by atoms with Crippen LogP contribution in [0.15, 0.2) is 72.8 Å². The van der Waals surface area contributed by atoms with Gasteiger partial charge in [-0.2, -0.15) is 0 Å². The largest absolute Gasteiger partial charge is 0.458 e. The van der Waals surface area contributed by atoms with Gasteiger partial charge in [-0.25, -0.2) is 9.59 Å². The average Bonchev–Trinajstić information content (AvgIpc) is 3.20. The molecule has 0 aromatic heterocycles. The van der Waals surface area contributed by atoms with E-state index in [0.717, 1.165) is 17.5 Å². The van der Waals surface area contributed by atoms with E-state index in [1.165, 1.54) is 19.1 Å². The Kier molecular flexibility index (Phi) is 8.17. The highest BCUT2D eigenvalue weighted by Crippen LogP contribution is 2.67. The number of esters is 3. The summed E-state index contributed by atoms with van der Waals surface area (Å²) < 4.78 is 25.2. The summed E-state index contributed by atoms with van der Waals surface area (Å²) >= 11 is 0. The Morgan fingerprint density at radius 3 is 1.90 bits per heavy atom. The topological polar surface area (TPSA) is 88.1 Å². The normalized spacial score (nSPS) is 33.2.